The van der Waals surface area contributed by atoms with Gasteiger partial charge in [0.15, 0.2) is 0 Å². The zero-order valence-corrected chi connectivity index (χ0v) is 11.3. The van der Waals surface area contributed by atoms with Crippen LogP contribution in [0.1, 0.15) is 26.3 Å². The lowest BCUT2D eigenvalue weighted by molar-refractivity contribution is 0.0716. The second-order valence-electron chi connectivity index (χ2n) is 5.42. The molecule has 1 saturated heterocycles. The topological polar surface area (TPSA) is 15.3 Å². The Labute approximate surface area is 103 Å². The second kappa shape index (κ2) is 4.86. The third-order valence-electron chi connectivity index (χ3n) is 3.48. The first-order valence-electron chi connectivity index (χ1n) is 6.07. The standard InChI is InChI=1S/C13H22N2S/c1-11-8-15(13(2,3)10-14-11)6-4-12-5-7-16-9-12/h5,7,9,11,14H,4,6,8,10H2,1-3H3. The Balaban J connectivity index is 1.91. The summed E-state index contributed by atoms with van der Waals surface area (Å²) < 4.78 is 0. The number of hydrogen-bond acceptors (Lipinski definition) is 3. The number of nitrogens with zero attached hydrogens (tertiary/aromatic N) is 1. The number of hydrogen-bond donors (Lipinski definition) is 1. The van der Waals surface area contributed by atoms with Crippen molar-refractivity contribution in [2.24, 2.45) is 0 Å². The molecule has 0 aliphatic carbocycles. The molecule has 1 fully saturated rings. The summed E-state index contributed by atoms with van der Waals surface area (Å²) in [7, 11) is 0. The van der Waals surface area contributed by atoms with Gasteiger partial charge in [-0.1, -0.05) is 0 Å². The number of nitrogens with one attached hydrogen (secondary N) is 1. The van der Waals surface area contributed by atoms with Crippen molar-refractivity contribution in [3.8, 4) is 0 Å². The van der Waals surface area contributed by atoms with Crippen molar-refractivity contribution in [2.45, 2.75) is 38.8 Å². The number of thiophene rings is 1. The van der Waals surface area contributed by atoms with Gasteiger partial charge in [0.25, 0.3) is 0 Å². The van der Waals surface area contributed by atoms with Crippen LogP contribution in [0.3, 0.4) is 0 Å². The molecular weight excluding hydrogens is 216 g/mol. The van der Waals surface area contributed by atoms with Crippen LogP contribution in [0, 0.1) is 0 Å². The van der Waals surface area contributed by atoms with Crippen LogP contribution in [0.25, 0.3) is 0 Å². The molecule has 1 atom stereocenters. The van der Waals surface area contributed by atoms with Crippen molar-refractivity contribution >= 4 is 11.3 Å². The Morgan fingerprint density at radius 1 is 1.56 bits per heavy atom. The van der Waals surface area contributed by atoms with Gasteiger partial charge in [-0.3, -0.25) is 4.90 Å². The van der Waals surface area contributed by atoms with Gasteiger partial charge in [0.05, 0.1) is 0 Å². The molecule has 1 aliphatic rings. The molecule has 2 rings (SSSR count). The van der Waals surface area contributed by atoms with Crippen LogP contribution in [-0.4, -0.2) is 36.1 Å². The Morgan fingerprint density at radius 2 is 2.38 bits per heavy atom. The van der Waals surface area contributed by atoms with E-state index >= 15 is 0 Å². The quantitative estimate of drug-likeness (QED) is 0.869. The van der Waals surface area contributed by atoms with Gasteiger partial charge in [0, 0.05) is 31.2 Å². The first-order chi connectivity index (χ1) is 7.58. The number of rotatable bonds is 3. The SMILES string of the molecule is CC1CN(CCc2ccsc2)C(C)(C)CN1. The van der Waals surface area contributed by atoms with Gasteiger partial charge in [0.1, 0.15) is 0 Å². The van der Waals surface area contributed by atoms with E-state index in [4.69, 9.17) is 0 Å². The van der Waals surface area contributed by atoms with E-state index in [2.05, 4.69) is 47.8 Å². The molecule has 0 aromatic carbocycles. The summed E-state index contributed by atoms with van der Waals surface area (Å²) in [6.07, 6.45) is 1.18. The molecule has 16 heavy (non-hydrogen) atoms. The summed E-state index contributed by atoms with van der Waals surface area (Å²) in [6.45, 7) is 10.4. The van der Waals surface area contributed by atoms with Crippen molar-refractivity contribution in [3.63, 3.8) is 0 Å². The predicted molar refractivity (Wildman–Crippen MR) is 71.1 cm³/mol. The molecule has 90 valence electrons. The van der Waals surface area contributed by atoms with Crippen LogP contribution in [0.5, 0.6) is 0 Å². The van der Waals surface area contributed by atoms with E-state index < -0.39 is 0 Å². The van der Waals surface area contributed by atoms with Crippen LogP contribution in [-0.2, 0) is 6.42 Å². The van der Waals surface area contributed by atoms with Crippen molar-refractivity contribution in [1.29, 1.82) is 0 Å². The lowest BCUT2D eigenvalue weighted by Crippen LogP contribution is -2.61. The van der Waals surface area contributed by atoms with Crippen LogP contribution in [0.2, 0.25) is 0 Å². The average Bonchev–Trinajstić information content (AvgIpc) is 2.72. The average molecular weight is 238 g/mol. The minimum atomic E-state index is 0.294. The lowest BCUT2D eigenvalue weighted by Gasteiger charge is -2.45. The van der Waals surface area contributed by atoms with Crippen LogP contribution in [0.4, 0.5) is 0 Å². The first kappa shape index (κ1) is 12.1. The summed E-state index contributed by atoms with van der Waals surface area (Å²) in [5.74, 6) is 0. The summed E-state index contributed by atoms with van der Waals surface area (Å²) in [4.78, 5) is 2.62. The summed E-state index contributed by atoms with van der Waals surface area (Å²) in [6, 6.07) is 2.86. The van der Waals surface area contributed by atoms with E-state index in [0.717, 1.165) is 13.1 Å². The molecule has 0 bridgehead atoms. The minimum Gasteiger partial charge on any atom is -0.311 e. The maximum Gasteiger partial charge on any atom is 0.0278 e. The fourth-order valence-corrected chi connectivity index (χ4v) is 2.97. The van der Waals surface area contributed by atoms with Crippen molar-refractivity contribution < 1.29 is 0 Å². The van der Waals surface area contributed by atoms with Gasteiger partial charge >= 0.3 is 0 Å². The van der Waals surface area contributed by atoms with E-state index in [9.17, 15) is 0 Å². The van der Waals surface area contributed by atoms with Crippen LogP contribution in [0.15, 0.2) is 16.8 Å². The van der Waals surface area contributed by atoms with Gasteiger partial charge in [-0.2, -0.15) is 11.3 Å². The van der Waals surface area contributed by atoms with E-state index in [1.54, 1.807) is 11.3 Å². The highest BCUT2D eigenvalue weighted by molar-refractivity contribution is 7.07. The zero-order chi connectivity index (χ0) is 11.6. The second-order valence-corrected chi connectivity index (χ2v) is 6.20. The Hall–Kier alpha value is -0.380. The monoisotopic (exact) mass is 238 g/mol. The van der Waals surface area contributed by atoms with Crippen molar-refractivity contribution in [3.05, 3.63) is 22.4 Å². The molecule has 0 spiro atoms. The third-order valence-corrected chi connectivity index (χ3v) is 4.22. The summed E-state index contributed by atoms with van der Waals surface area (Å²) in [5, 5.41) is 7.99. The molecule has 1 N–H and O–H groups in total. The normalized spacial score (nSPS) is 25.8. The Bertz CT molecular complexity index is 319. The molecule has 0 radical (unpaired) electrons. The molecule has 1 unspecified atom stereocenters. The Morgan fingerprint density at radius 3 is 3.06 bits per heavy atom. The molecule has 2 heterocycles. The Kier molecular flexibility index (Phi) is 3.67. The molecule has 1 aromatic rings. The molecule has 1 aliphatic heterocycles. The maximum atomic E-state index is 3.56. The number of piperazine rings is 1. The van der Waals surface area contributed by atoms with E-state index in [1.807, 2.05) is 0 Å². The molecule has 1 aromatic heterocycles. The van der Waals surface area contributed by atoms with Crippen LogP contribution < -0.4 is 5.32 Å². The molecular formula is C13H22N2S. The summed E-state index contributed by atoms with van der Waals surface area (Å²) in [5.41, 5.74) is 1.77. The van der Waals surface area contributed by atoms with E-state index in [-0.39, 0.29) is 0 Å². The zero-order valence-electron chi connectivity index (χ0n) is 10.5. The lowest BCUT2D eigenvalue weighted by atomic mass is 9.97. The third kappa shape index (κ3) is 2.84. The van der Waals surface area contributed by atoms with Gasteiger partial charge in [-0.25, -0.2) is 0 Å². The van der Waals surface area contributed by atoms with Gasteiger partial charge in [0.2, 0.25) is 0 Å². The highest BCUT2D eigenvalue weighted by atomic mass is 32.1. The van der Waals surface area contributed by atoms with E-state index in [1.165, 1.54) is 18.5 Å². The van der Waals surface area contributed by atoms with E-state index in [0.29, 0.717) is 11.6 Å². The molecule has 3 heteroatoms. The minimum absolute atomic E-state index is 0.294. The molecule has 2 nitrogen and oxygen atoms in total. The van der Waals surface area contributed by atoms with Crippen molar-refractivity contribution in [2.75, 3.05) is 19.6 Å². The fourth-order valence-electron chi connectivity index (χ4n) is 2.27. The largest absolute Gasteiger partial charge is 0.311 e. The smallest absolute Gasteiger partial charge is 0.0278 e. The van der Waals surface area contributed by atoms with Gasteiger partial charge in [-0.15, -0.1) is 0 Å². The van der Waals surface area contributed by atoms with Crippen molar-refractivity contribution in [1.82, 2.24) is 10.2 Å². The first-order valence-corrected chi connectivity index (χ1v) is 7.02. The summed E-state index contributed by atoms with van der Waals surface area (Å²) >= 11 is 1.80. The molecule has 0 amide bonds. The maximum absolute atomic E-state index is 3.56. The van der Waals surface area contributed by atoms with Crippen LogP contribution >= 0.6 is 11.3 Å². The molecule has 0 saturated carbocycles. The fraction of sp³-hybridized carbons (Fsp3) is 0.692. The highest BCUT2D eigenvalue weighted by Gasteiger charge is 2.31. The van der Waals surface area contributed by atoms with Gasteiger partial charge < -0.3 is 5.32 Å². The van der Waals surface area contributed by atoms with Gasteiger partial charge in [-0.05, 0) is 49.6 Å². The predicted octanol–water partition coefficient (Wildman–Crippen LogP) is 2.36. The highest BCUT2D eigenvalue weighted by Crippen LogP contribution is 2.19.